The van der Waals surface area contributed by atoms with Crippen LogP contribution in [-0.4, -0.2) is 125 Å². The van der Waals surface area contributed by atoms with Crippen LogP contribution in [-0.2, 0) is 21.2 Å². The fourth-order valence-corrected chi connectivity index (χ4v) is 13.2. The van der Waals surface area contributed by atoms with Crippen LogP contribution in [0.1, 0.15) is 72.1 Å². The Morgan fingerprint density at radius 1 is 0.792 bits per heavy atom. The molecule has 400 valence electrons. The Morgan fingerprint density at radius 2 is 1.53 bits per heavy atom. The van der Waals surface area contributed by atoms with Crippen molar-refractivity contribution in [3.63, 3.8) is 0 Å². The molecule has 4 fully saturated rings. The normalized spacial score (nSPS) is 19.2. The molecule has 20 heteroatoms. The van der Waals surface area contributed by atoms with Gasteiger partial charge < -0.3 is 34.6 Å². The van der Waals surface area contributed by atoms with E-state index in [9.17, 15) is 28.1 Å². The molecule has 5 aliphatic heterocycles. The molecule has 6 aromatic rings. The number of nitrogens with one attached hydrogen (secondary N) is 3. The lowest BCUT2D eigenvalue weighted by Gasteiger charge is -2.48. The number of methoxy groups -OCH3 is 1. The lowest BCUT2D eigenvalue weighted by atomic mass is 9.71. The van der Waals surface area contributed by atoms with Crippen molar-refractivity contribution in [2.75, 3.05) is 86.7 Å². The largest absolute Gasteiger partial charge is 0.494 e. The van der Waals surface area contributed by atoms with E-state index in [1.807, 2.05) is 31.6 Å². The molecule has 17 nitrogen and oxygen atoms in total. The summed E-state index contributed by atoms with van der Waals surface area (Å²) in [6.45, 7) is 10.1. The van der Waals surface area contributed by atoms with E-state index in [0.29, 0.717) is 56.4 Å². The molecule has 1 atom stereocenters. The monoisotopic (exact) mass is 1080 g/mol. The molecule has 11 rings (SSSR count). The van der Waals surface area contributed by atoms with Crippen LogP contribution in [0.3, 0.4) is 0 Å². The molecule has 1 unspecified atom stereocenters. The molecular formula is C57H62ClFN11O6P. The van der Waals surface area contributed by atoms with Gasteiger partial charge in [0.25, 0.3) is 11.8 Å². The second kappa shape index (κ2) is 21.0. The summed E-state index contributed by atoms with van der Waals surface area (Å²) in [6, 6.07) is 20.4. The number of nitrogens with zero attached hydrogens (tertiary/aromatic N) is 8. The topological polar surface area (TPSA) is 187 Å². The Morgan fingerprint density at radius 3 is 2.23 bits per heavy atom. The lowest BCUT2D eigenvalue weighted by Crippen LogP contribution is -2.54. The minimum absolute atomic E-state index is 0.0878. The zero-order valence-electron chi connectivity index (χ0n) is 43.7. The molecule has 7 heterocycles. The number of hydrogen-bond acceptors (Lipinski definition) is 14. The Balaban J connectivity index is 0.716. The zero-order chi connectivity index (χ0) is 53.8. The molecule has 4 amide bonds. The number of aryl methyl sites for hydroxylation is 1. The quantitative estimate of drug-likeness (QED) is 0.0734. The van der Waals surface area contributed by atoms with Gasteiger partial charge in [0.15, 0.2) is 5.82 Å². The highest BCUT2D eigenvalue weighted by atomic mass is 35.5. The highest BCUT2D eigenvalue weighted by Gasteiger charge is 2.45. The smallest absolute Gasteiger partial charge is 0.262 e. The van der Waals surface area contributed by atoms with E-state index in [-0.39, 0.29) is 35.0 Å². The summed E-state index contributed by atoms with van der Waals surface area (Å²) in [5, 5.41) is 14.2. The third-order valence-electron chi connectivity index (χ3n) is 16.3. The van der Waals surface area contributed by atoms with E-state index in [0.717, 1.165) is 112 Å². The maximum Gasteiger partial charge on any atom is 0.262 e. The van der Waals surface area contributed by atoms with Gasteiger partial charge in [0, 0.05) is 91.8 Å². The van der Waals surface area contributed by atoms with Crippen molar-refractivity contribution < 1.29 is 32.9 Å². The first-order valence-corrected chi connectivity index (χ1v) is 29.3. The number of imide groups is 2. The number of carbonyl (C=O) groups excluding carboxylic acids is 4. The number of halogens is 2. The summed E-state index contributed by atoms with van der Waals surface area (Å²) in [5.74, 6) is -0.597. The van der Waals surface area contributed by atoms with Crippen molar-refractivity contribution in [3.8, 4) is 28.0 Å². The zero-order valence-corrected chi connectivity index (χ0v) is 45.3. The summed E-state index contributed by atoms with van der Waals surface area (Å²) in [7, 11) is 0.670. The van der Waals surface area contributed by atoms with Crippen molar-refractivity contribution in [1.82, 2.24) is 34.9 Å². The van der Waals surface area contributed by atoms with Crippen molar-refractivity contribution >= 4 is 82.2 Å². The predicted molar refractivity (Wildman–Crippen MR) is 297 cm³/mol. The number of carbonyl (C=O) groups is 4. The van der Waals surface area contributed by atoms with Gasteiger partial charge in [-0.25, -0.2) is 9.37 Å². The van der Waals surface area contributed by atoms with Crippen molar-refractivity contribution in [1.29, 1.82) is 0 Å². The number of amides is 4. The van der Waals surface area contributed by atoms with Crippen molar-refractivity contribution in [2.24, 2.45) is 18.4 Å². The molecule has 0 bridgehead atoms. The first kappa shape index (κ1) is 51.9. The van der Waals surface area contributed by atoms with E-state index in [2.05, 4.69) is 46.8 Å². The van der Waals surface area contributed by atoms with Gasteiger partial charge in [-0.3, -0.25) is 34.1 Å². The van der Waals surface area contributed by atoms with Gasteiger partial charge in [-0.1, -0.05) is 35.9 Å². The highest BCUT2D eigenvalue weighted by molar-refractivity contribution is 7.70. The standard InChI is InChI=1S/C57H62ClFN11O6P/c1-66-34-37(31-61-66)41-29-46(63-56-60-32-43(58)52(65-56)62-45-12-9-36(27-50(45)77(3,4)75)39-7-5-6-8-44(39)59)49(76-2)30-48(41)69-21-15-35(16-22-69)33-67-23-17-57(18-24-67)19-25-68(26-20-57)38-10-11-40-42(28-38)55(74)70(54(40)73)47-13-14-51(71)64-53(47)72/h5-12,27-32,34-35,47H,13-26,33H2,1-4H3,(H,64,71,72)(H2,60,62,63,65). The van der Waals surface area contributed by atoms with Gasteiger partial charge in [0.2, 0.25) is 17.8 Å². The highest BCUT2D eigenvalue weighted by Crippen LogP contribution is 2.46. The van der Waals surface area contributed by atoms with E-state index in [1.54, 1.807) is 73.7 Å². The summed E-state index contributed by atoms with van der Waals surface area (Å²) in [6.07, 6.45) is 12.1. The van der Waals surface area contributed by atoms with Gasteiger partial charge in [0.05, 0.1) is 42.0 Å². The Bertz CT molecular complexity index is 3360. The van der Waals surface area contributed by atoms with Gasteiger partial charge in [-0.15, -0.1) is 0 Å². The van der Waals surface area contributed by atoms with Crippen LogP contribution in [0.4, 0.5) is 38.9 Å². The van der Waals surface area contributed by atoms with Crippen LogP contribution in [0.25, 0.3) is 22.3 Å². The second-order valence-corrected chi connectivity index (χ2v) is 25.2. The average molecular weight is 1080 g/mol. The fraction of sp³-hybridized carbons (Fsp3) is 0.386. The van der Waals surface area contributed by atoms with E-state index >= 15 is 0 Å². The number of ether oxygens (including phenoxy) is 1. The maximum atomic E-state index is 14.8. The van der Waals surface area contributed by atoms with E-state index < -0.39 is 36.8 Å². The third kappa shape index (κ3) is 10.5. The van der Waals surface area contributed by atoms with Gasteiger partial charge in [-0.2, -0.15) is 10.1 Å². The molecule has 0 saturated carbocycles. The van der Waals surface area contributed by atoms with Crippen molar-refractivity contribution in [3.05, 3.63) is 113 Å². The summed E-state index contributed by atoms with van der Waals surface area (Å²) in [5.41, 5.74) is 7.00. The molecule has 0 aliphatic carbocycles. The van der Waals surface area contributed by atoms with E-state index in [1.165, 1.54) is 12.3 Å². The number of aromatic nitrogens is 4. The number of anilines is 6. The van der Waals surface area contributed by atoms with E-state index in [4.69, 9.17) is 21.3 Å². The Labute approximate surface area is 451 Å². The molecule has 5 aliphatic rings. The van der Waals surface area contributed by atoms with Gasteiger partial charge in [-0.05, 0) is 131 Å². The van der Waals surface area contributed by atoms with Crippen LogP contribution in [0.5, 0.6) is 5.75 Å². The number of hydrogen-bond donors (Lipinski definition) is 3. The molecule has 4 aromatic carbocycles. The SMILES string of the molecule is COc1cc(N2CCC(CN3CCC4(CC3)CCN(c3ccc5c(c3)C(=O)N(C3CCC(=O)NC3=O)C5=O)CC4)CC2)c(-c2cnn(C)c2)cc1Nc1ncc(Cl)c(Nc2ccc(-c3ccccc3F)cc2P(C)(C)=O)n1. The molecule has 0 radical (unpaired) electrons. The number of benzene rings is 4. The average Bonchev–Trinajstić information content (AvgIpc) is 4.11. The molecule has 3 N–H and O–H groups in total. The van der Waals surface area contributed by atoms with Crippen molar-refractivity contribution in [2.45, 2.75) is 57.4 Å². The molecule has 2 aromatic heterocycles. The first-order chi connectivity index (χ1) is 37.0. The number of rotatable bonds is 13. The first-order valence-electron chi connectivity index (χ1n) is 26.3. The lowest BCUT2D eigenvalue weighted by molar-refractivity contribution is -0.136. The van der Waals surface area contributed by atoms with Crippen LogP contribution >= 0.6 is 18.7 Å². The predicted octanol–water partition coefficient (Wildman–Crippen LogP) is 9.08. The summed E-state index contributed by atoms with van der Waals surface area (Å²) < 4.78 is 36.3. The minimum atomic E-state index is -2.88. The minimum Gasteiger partial charge on any atom is -0.494 e. The van der Waals surface area contributed by atoms with Crippen LogP contribution < -0.4 is 35.8 Å². The van der Waals surface area contributed by atoms with Crippen LogP contribution in [0, 0.1) is 17.2 Å². The number of likely N-dealkylation sites (tertiary alicyclic amines) is 1. The second-order valence-electron chi connectivity index (χ2n) is 21.6. The molecule has 1 spiro atoms. The Kier molecular flexibility index (Phi) is 14.2. The number of fused-ring (bicyclic) bond motifs is 1. The number of piperidine rings is 4. The summed E-state index contributed by atoms with van der Waals surface area (Å²) in [4.78, 5) is 68.8. The molecule has 4 saturated heterocycles. The Hall–Kier alpha value is -7.14. The third-order valence-corrected chi connectivity index (χ3v) is 18.1. The molecular weight excluding hydrogens is 1020 g/mol. The van der Waals surface area contributed by atoms with Gasteiger partial charge in [0.1, 0.15) is 29.8 Å². The maximum absolute atomic E-state index is 14.8. The van der Waals surface area contributed by atoms with Crippen LogP contribution in [0.2, 0.25) is 5.02 Å². The summed E-state index contributed by atoms with van der Waals surface area (Å²) >= 11 is 6.69. The van der Waals surface area contributed by atoms with Gasteiger partial charge >= 0.3 is 0 Å². The fourth-order valence-electron chi connectivity index (χ4n) is 11.9. The van der Waals surface area contributed by atoms with Crippen LogP contribution in [0.15, 0.2) is 91.4 Å². The molecule has 77 heavy (non-hydrogen) atoms.